The van der Waals surface area contributed by atoms with Gasteiger partial charge in [0.05, 0.1) is 31.5 Å². The molecule has 7 nitrogen and oxygen atoms in total. The van der Waals surface area contributed by atoms with Gasteiger partial charge in [-0.2, -0.15) is 0 Å². The SMILES string of the molecule is CCCCN1CC[C@@H](CNC(=O)c2cc(COC)cc3c2OCCCO3)[C@H](O)C1. The van der Waals surface area contributed by atoms with Crippen LogP contribution in [0.15, 0.2) is 12.1 Å². The number of likely N-dealkylation sites (tertiary alicyclic amines) is 1. The Hall–Kier alpha value is -1.83. The van der Waals surface area contributed by atoms with Crippen LogP contribution in [0.25, 0.3) is 0 Å². The Bertz CT molecular complexity index is 681. The van der Waals surface area contributed by atoms with E-state index in [1.165, 1.54) is 0 Å². The predicted molar refractivity (Wildman–Crippen MR) is 111 cm³/mol. The van der Waals surface area contributed by atoms with Crippen molar-refractivity contribution in [1.29, 1.82) is 0 Å². The Kier molecular flexibility index (Phi) is 8.15. The minimum atomic E-state index is -0.419. The zero-order chi connectivity index (χ0) is 20.6. The van der Waals surface area contributed by atoms with Gasteiger partial charge in [0, 0.05) is 32.5 Å². The first kappa shape index (κ1) is 21.9. The average molecular weight is 407 g/mol. The van der Waals surface area contributed by atoms with E-state index in [2.05, 4.69) is 17.1 Å². The number of carbonyl (C=O) groups is 1. The van der Waals surface area contributed by atoms with Gasteiger partial charge in [0.25, 0.3) is 5.91 Å². The molecule has 2 aliphatic rings. The Morgan fingerprint density at radius 2 is 2.17 bits per heavy atom. The number of aliphatic hydroxyl groups is 1. The molecule has 0 radical (unpaired) electrons. The molecule has 7 heteroatoms. The molecule has 0 saturated carbocycles. The summed E-state index contributed by atoms with van der Waals surface area (Å²) in [4.78, 5) is 15.3. The number of β-amino-alcohol motifs (C(OH)–C–C–N with tert-alkyl or cyclic N) is 1. The van der Waals surface area contributed by atoms with Crippen LogP contribution in [-0.4, -0.2) is 68.5 Å². The lowest BCUT2D eigenvalue weighted by Gasteiger charge is -2.36. The van der Waals surface area contributed by atoms with E-state index in [0.29, 0.717) is 50.0 Å². The first-order valence-corrected chi connectivity index (χ1v) is 10.7. The number of fused-ring (bicyclic) bond motifs is 1. The molecular weight excluding hydrogens is 372 g/mol. The first-order chi connectivity index (χ1) is 14.1. The maximum absolute atomic E-state index is 13.0. The van der Waals surface area contributed by atoms with E-state index < -0.39 is 6.10 Å². The third-order valence-electron chi connectivity index (χ3n) is 5.62. The highest BCUT2D eigenvalue weighted by Crippen LogP contribution is 2.35. The Balaban J connectivity index is 1.64. The molecule has 0 unspecified atom stereocenters. The summed E-state index contributed by atoms with van der Waals surface area (Å²) in [5.41, 5.74) is 1.33. The summed E-state index contributed by atoms with van der Waals surface area (Å²) in [6.45, 7) is 6.78. The number of hydrogen-bond acceptors (Lipinski definition) is 6. The molecule has 0 aliphatic carbocycles. The Labute approximate surface area is 173 Å². The van der Waals surface area contributed by atoms with Gasteiger partial charge in [-0.15, -0.1) is 0 Å². The van der Waals surface area contributed by atoms with Crippen molar-refractivity contribution < 1.29 is 24.1 Å². The third-order valence-corrected chi connectivity index (χ3v) is 5.62. The molecule has 29 heavy (non-hydrogen) atoms. The van der Waals surface area contributed by atoms with Gasteiger partial charge in [-0.1, -0.05) is 13.3 Å². The number of methoxy groups -OCH3 is 1. The number of rotatable bonds is 8. The fraction of sp³-hybridized carbons (Fsp3) is 0.682. The number of benzene rings is 1. The molecule has 2 heterocycles. The van der Waals surface area contributed by atoms with Gasteiger partial charge < -0.3 is 29.5 Å². The minimum Gasteiger partial charge on any atom is -0.490 e. The highest BCUT2D eigenvalue weighted by molar-refractivity contribution is 5.98. The number of hydrogen-bond donors (Lipinski definition) is 2. The Morgan fingerprint density at radius 3 is 2.93 bits per heavy atom. The number of piperidine rings is 1. The fourth-order valence-electron chi connectivity index (χ4n) is 3.94. The van der Waals surface area contributed by atoms with Gasteiger partial charge in [0.15, 0.2) is 11.5 Å². The summed E-state index contributed by atoms with van der Waals surface area (Å²) in [7, 11) is 1.62. The van der Waals surface area contributed by atoms with E-state index in [9.17, 15) is 9.90 Å². The second kappa shape index (κ2) is 10.8. The summed E-state index contributed by atoms with van der Waals surface area (Å²) in [5, 5.41) is 13.5. The largest absolute Gasteiger partial charge is 0.490 e. The van der Waals surface area contributed by atoms with Gasteiger partial charge >= 0.3 is 0 Å². The van der Waals surface area contributed by atoms with Gasteiger partial charge in [-0.25, -0.2) is 0 Å². The van der Waals surface area contributed by atoms with Crippen molar-refractivity contribution in [3.8, 4) is 11.5 Å². The predicted octanol–water partition coefficient (Wildman–Crippen LogP) is 2.21. The zero-order valence-corrected chi connectivity index (χ0v) is 17.6. The molecule has 1 aromatic carbocycles. The highest BCUT2D eigenvalue weighted by atomic mass is 16.5. The first-order valence-electron chi connectivity index (χ1n) is 10.7. The van der Waals surface area contributed by atoms with Gasteiger partial charge in [-0.3, -0.25) is 4.79 Å². The molecule has 2 N–H and O–H groups in total. The summed E-state index contributed by atoms with van der Waals surface area (Å²) in [6.07, 6.45) is 3.55. The molecule has 2 atom stereocenters. The van der Waals surface area contributed by atoms with Gasteiger partial charge in [0.1, 0.15) is 0 Å². The zero-order valence-electron chi connectivity index (χ0n) is 17.6. The van der Waals surface area contributed by atoms with E-state index in [0.717, 1.165) is 44.3 Å². The van der Waals surface area contributed by atoms with Crippen LogP contribution in [0.1, 0.15) is 48.5 Å². The normalized spacial score (nSPS) is 22.2. The molecule has 0 aromatic heterocycles. The van der Waals surface area contributed by atoms with Crippen molar-refractivity contribution in [2.24, 2.45) is 5.92 Å². The van der Waals surface area contributed by atoms with Crippen molar-refractivity contribution in [2.45, 2.75) is 45.3 Å². The smallest absolute Gasteiger partial charge is 0.255 e. The second-order valence-electron chi connectivity index (χ2n) is 7.93. The van der Waals surface area contributed by atoms with Crippen LogP contribution in [0.4, 0.5) is 0 Å². The van der Waals surface area contributed by atoms with Crippen LogP contribution in [0.2, 0.25) is 0 Å². The van der Waals surface area contributed by atoms with Crippen LogP contribution in [0.3, 0.4) is 0 Å². The highest BCUT2D eigenvalue weighted by Gasteiger charge is 2.28. The molecule has 3 rings (SSSR count). The van der Waals surface area contributed by atoms with Crippen LogP contribution >= 0.6 is 0 Å². The maximum Gasteiger partial charge on any atom is 0.255 e. The molecule has 0 bridgehead atoms. The number of amides is 1. The van der Waals surface area contributed by atoms with Crippen molar-refractivity contribution in [3.05, 3.63) is 23.3 Å². The van der Waals surface area contributed by atoms with Crippen LogP contribution in [0.5, 0.6) is 11.5 Å². The molecule has 1 aromatic rings. The van der Waals surface area contributed by atoms with Crippen molar-refractivity contribution in [1.82, 2.24) is 10.2 Å². The fourth-order valence-corrected chi connectivity index (χ4v) is 3.94. The van der Waals surface area contributed by atoms with E-state index in [4.69, 9.17) is 14.2 Å². The minimum absolute atomic E-state index is 0.0646. The molecule has 1 saturated heterocycles. The summed E-state index contributed by atoms with van der Waals surface area (Å²) < 4.78 is 16.8. The van der Waals surface area contributed by atoms with Crippen molar-refractivity contribution in [3.63, 3.8) is 0 Å². The number of ether oxygens (including phenoxy) is 3. The number of carbonyl (C=O) groups excluding carboxylic acids is 1. The van der Waals surface area contributed by atoms with E-state index >= 15 is 0 Å². The van der Waals surface area contributed by atoms with E-state index in [1.807, 2.05) is 6.07 Å². The summed E-state index contributed by atoms with van der Waals surface area (Å²) in [6, 6.07) is 3.67. The lowest BCUT2D eigenvalue weighted by molar-refractivity contribution is 0.0217. The van der Waals surface area contributed by atoms with Gasteiger partial charge in [0.2, 0.25) is 0 Å². The molecular formula is C22H34N2O5. The average Bonchev–Trinajstić information content (AvgIpc) is 2.96. The molecule has 1 fully saturated rings. The topological polar surface area (TPSA) is 80.3 Å². The number of aliphatic hydroxyl groups excluding tert-OH is 1. The van der Waals surface area contributed by atoms with Crippen molar-refractivity contribution >= 4 is 5.91 Å². The number of unbranched alkanes of at least 4 members (excludes halogenated alkanes) is 1. The third kappa shape index (κ3) is 5.84. The number of nitrogens with one attached hydrogen (secondary N) is 1. The molecule has 0 spiro atoms. The van der Waals surface area contributed by atoms with E-state index in [-0.39, 0.29) is 11.8 Å². The lowest BCUT2D eigenvalue weighted by atomic mass is 9.93. The lowest BCUT2D eigenvalue weighted by Crippen LogP contribution is -2.47. The van der Waals surface area contributed by atoms with Crippen LogP contribution < -0.4 is 14.8 Å². The quantitative estimate of drug-likeness (QED) is 0.689. The van der Waals surface area contributed by atoms with Crippen molar-refractivity contribution in [2.75, 3.05) is 46.5 Å². The number of nitrogens with zero attached hydrogens (tertiary/aromatic N) is 1. The molecule has 162 valence electrons. The monoisotopic (exact) mass is 406 g/mol. The van der Waals surface area contributed by atoms with Crippen LogP contribution in [0, 0.1) is 5.92 Å². The molecule has 2 aliphatic heterocycles. The molecule has 1 amide bonds. The standard InChI is InChI=1S/C22H34N2O5/c1-3-4-7-24-8-6-17(19(25)14-24)13-23-22(26)18-11-16(15-27-2)12-20-21(18)29-10-5-9-28-20/h11-12,17,19,25H,3-10,13-15H2,1-2H3,(H,23,26)/t17-,19+/m0/s1. The van der Waals surface area contributed by atoms with Crippen LogP contribution in [-0.2, 0) is 11.3 Å². The second-order valence-corrected chi connectivity index (χ2v) is 7.93. The Morgan fingerprint density at radius 1 is 1.34 bits per heavy atom. The summed E-state index contributed by atoms with van der Waals surface area (Å²) in [5.74, 6) is 0.946. The summed E-state index contributed by atoms with van der Waals surface area (Å²) >= 11 is 0. The van der Waals surface area contributed by atoms with E-state index in [1.54, 1.807) is 13.2 Å². The van der Waals surface area contributed by atoms with Gasteiger partial charge in [-0.05, 0) is 43.6 Å². The maximum atomic E-state index is 13.0.